The van der Waals surface area contributed by atoms with Crippen LogP contribution in [-0.2, 0) is 29.5 Å². The molecule has 13 heteroatoms. The van der Waals surface area contributed by atoms with Gasteiger partial charge in [-0.25, -0.2) is 0 Å². The lowest BCUT2D eigenvalue weighted by Crippen LogP contribution is -2.33. The van der Waals surface area contributed by atoms with Crippen molar-refractivity contribution in [3.8, 4) is 6.07 Å². The van der Waals surface area contributed by atoms with Crippen molar-refractivity contribution in [1.82, 2.24) is 0 Å². The molecule has 3 unspecified atom stereocenters. The van der Waals surface area contributed by atoms with Gasteiger partial charge in [-0.05, 0) is 40.2 Å². The van der Waals surface area contributed by atoms with Gasteiger partial charge in [-0.1, -0.05) is 6.90 Å². The number of nitrogens with zero attached hydrogens (tertiary/aromatic N) is 3. The first-order chi connectivity index (χ1) is 17.4. The standard InChI is InChI=1S/C23H34N3O9P/c1-6-17(14-18-19(25(27)28)9-7-10-20(18)26(29)30)34-36(32-12-8-11-24)35-21-13-16(2)33-22(21)15-31-23(3,4)5/h7,9-10,16-17,21-22H,6,8,12-15H2,1-5H3/t16-,17?,21?,22+,36?/m0/s1/i1T. The molecule has 5 atom stereocenters. The molecule has 0 aliphatic carbocycles. The van der Waals surface area contributed by atoms with E-state index in [2.05, 4.69) is 0 Å². The number of rotatable bonds is 14. The van der Waals surface area contributed by atoms with Gasteiger partial charge in [0.2, 0.25) is 0 Å². The fraction of sp³-hybridized carbons (Fsp3) is 0.696. The summed E-state index contributed by atoms with van der Waals surface area (Å²) < 4.78 is 37.4. The zero-order chi connectivity index (χ0) is 27.6. The first kappa shape index (κ1) is 28.3. The predicted molar refractivity (Wildman–Crippen MR) is 131 cm³/mol. The van der Waals surface area contributed by atoms with Gasteiger partial charge in [0.05, 0.1) is 59.5 Å². The SMILES string of the molecule is [3H]CCC(Cc1c([N+](=O)[O-])cccc1[N+](=O)[O-])OP(OCCC#N)OC1C[C@H](C)O[C@@H]1COC(C)(C)C. The number of nitro groups is 2. The minimum Gasteiger partial charge on any atom is -0.373 e. The molecule has 1 saturated heterocycles. The van der Waals surface area contributed by atoms with Crippen LogP contribution in [0.15, 0.2) is 18.2 Å². The van der Waals surface area contributed by atoms with Crippen molar-refractivity contribution >= 4 is 20.0 Å². The second kappa shape index (κ2) is 13.9. The molecule has 36 heavy (non-hydrogen) atoms. The summed E-state index contributed by atoms with van der Waals surface area (Å²) in [4.78, 5) is 21.8. The molecule has 1 fully saturated rings. The van der Waals surface area contributed by atoms with Crippen molar-refractivity contribution in [2.75, 3.05) is 13.2 Å². The van der Waals surface area contributed by atoms with E-state index in [-0.39, 0.29) is 56.6 Å². The minimum absolute atomic E-state index is 0.0215. The number of nitriles is 1. The Morgan fingerprint density at radius 2 is 1.97 bits per heavy atom. The van der Waals surface area contributed by atoms with Crippen LogP contribution < -0.4 is 0 Å². The number of ether oxygens (including phenoxy) is 2. The molecular weight excluding hydrogens is 493 g/mol. The van der Waals surface area contributed by atoms with Crippen LogP contribution in [0, 0.1) is 31.6 Å². The third-order valence-electron chi connectivity index (χ3n) is 5.21. The lowest BCUT2D eigenvalue weighted by atomic mass is 10.0. The Morgan fingerprint density at radius 1 is 1.31 bits per heavy atom. The van der Waals surface area contributed by atoms with Crippen molar-refractivity contribution in [3.63, 3.8) is 0 Å². The van der Waals surface area contributed by atoms with Crippen LogP contribution in [0.5, 0.6) is 0 Å². The van der Waals surface area contributed by atoms with E-state index in [4.69, 9.17) is 29.7 Å². The molecule has 0 N–H and O–H groups in total. The zero-order valence-electron chi connectivity index (χ0n) is 22.0. The van der Waals surface area contributed by atoms with Gasteiger partial charge in [0.1, 0.15) is 11.7 Å². The molecule has 1 heterocycles. The van der Waals surface area contributed by atoms with Crippen LogP contribution in [0.1, 0.15) is 60.8 Å². The van der Waals surface area contributed by atoms with Crippen molar-refractivity contribution in [2.24, 2.45) is 0 Å². The van der Waals surface area contributed by atoms with Gasteiger partial charge in [0.15, 0.2) is 0 Å². The van der Waals surface area contributed by atoms with Crippen molar-refractivity contribution in [1.29, 1.82) is 5.26 Å². The number of hydrogen-bond donors (Lipinski definition) is 0. The third kappa shape index (κ3) is 9.32. The van der Waals surface area contributed by atoms with Gasteiger partial charge in [0.25, 0.3) is 11.4 Å². The summed E-state index contributed by atoms with van der Waals surface area (Å²) in [7, 11) is -2.07. The van der Waals surface area contributed by atoms with E-state index < -0.39 is 48.1 Å². The first-order valence-electron chi connectivity index (χ1n) is 12.3. The molecule has 0 aromatic heterocycles. The lowest BCUT2D eigenvalue weighted by molar-refractivity contribution is -0.395. The molecule has 1 aliphatic heterocycles. The molecule has 1 aliphatic rings. The Bertz CT molecular complexity index is 924. The lowest BCUT2D eigenvalue weighted by Gasteiger charge is -2.28. The molecule has 0 radical (unpaired) electrons. The molecule has 0 saturated carbocycles. The number of benzene rings is 1. The van der Waals surface area contributed by atoms with Crippen LogP contribution in [0.3, 0.4) is 0 Å². The highest BCUT2D eigenvalue weighted by Crippen LogP contribution is 2.47. The smallest absolute Gasteiger partial charge is 0.333 e. The minimum atomic E-state index is -2.07. The van der Waals surface area contributed by atoms with Gasteiger partial charge < -0.3 is 23.0 Å². The van der Waals surface area contributed by atoms with Gasteiger partial charge >= 0.3 is 8.60 Å². The van der Waals surface area contributed by atoms with E-state index >= 15 is 0 Å². The van der Waals surface area contributed by atoms with Crippen LogP contribution in [0.2, 0.25) is 0 Å². The van der Waals surface area contributed by atoms with Gasteiger partial charge in [-0.2, -0.15) is 5.26 Å². The van der Waals surface area contributed by atoms with Crippen LogP contribution in [0.4, 0.5) is 11.4 Å². The number of hydrogen-bond acceptors (Lipinski definition) is 10. The highest BCUT2D eigenvalue weighted by molar-refractivity contribution is 7.41. The van der Waals surface area contributed by atoms with Crippen LogP contribution in [-0.4, -0.2) is 53.1 Å². The fourth-order valence-corrected chi connectivity index (χ4v) is 4.81. The molecule has 200 valence electrons. The zero-order valence-corrected chi connectivity index (χ0v) is 21.8. The average Bonchev–Trinajstić information content (AvgIpc) is 3.16. The highest BCUT2D eigenvalue weighted by Gasteiger charge is 2.38. The first-order valence-corrected chi connectivity index (χ1v) is 12.7. The maximum absolute atomic E-state index is 11.6. The molecule has 0 amide bonds. The van der Waals surface area contributed by atoms with Crippen LogP contribution in [0.25, 0.3) is 0 Å². The summed E-state index contributed by atoms with van der Waals surface area (Å²) in [6.45, 7) is 7.89. The third-order valence-corrected chi connectivity index (χ3v) is 6.51. The van der Waals surface area contributed by atoms with Crippen LogP contribution >= 0.6 is 8.60 Å². The normalized spacial score (nSPS) is 22.0. The Hall–Kier alpha value is -2.26. The molecule has 12 nitrogen and oxygen atoms in total. The van der Waals surface area contributed by atoms with Gasteiger partial charge in [0, 0.05) is 26.3 Å². The maximum atomic E-state index is 11.6. The quantitative estimate of drug-likeness (QED) is 0.133. The summed E-state index contributed by atoms with van der Waals surface area (Å²) in [5, 5.41) is 32.0. The monoisotopic (exact) mass is 529 g/mol. The summed E-state index contributed by atoms with van der Waals surface area (Å²) in [6, 6.07) is 5.62. The Morgan fingerprint density at radius 3 is 2.53 bits per heavy atom. The van der Waals surface area contributed by atoms with E-state index in [1.165, 1.54) is 18.2 Å². The Kier molecular flexibility index (Phi) is 10.9. The molecule has 1 aromatic rings. The van der Waals surface area contributed by atoms with Gasteiger partial charge in [-0.15, -0.1) is 0 Å². The van der Waals surface area contributed by atoms with E-state index in [0.717, 1.165) is 0 Å². The fourth-order valence-electron chi connectivity index (χ4n) is 3.53. The second-order valence-corrected chi connectivity index (χ2v) is 10.4. The van der Waals surface area contributed by atoms with Crippen molar-refractivity contribution in [3.05, 3.63) is 44.0 Å². The molecule has 0 bridgehead atoms. The van der Waals surface area contributed by atoms with Crippen molar-refractivity contribution in [2.45, 2.75) is 90.3 Å². The second-order valence-electron chi connectivity index (χ2n) is 9.26. The predicted octanol–water partition coefficient (Wildman–Crippen LogP) is 5.38. The molecule has 2 rings (SSSR count). The Labute approximate surface area is 213 Å². The van der Waals surface area contributed by atoms with E-state index in [1.54, 1.807) is 0 Å². The number of nitro benzene ring substituents is 2. The molecule has 1 aromatic carbocycles. The summed E-state index contributed by atoms with van der Waals surface area (Å²) in [6.07, 6.45) is -1.22. The topological polar surface area (TPSA) is 156 Å². The molecular formula is C23H34N3O9P. The van der Waals surface area contributed by atoms with Crippen molar-refractivity contribution < 1.29 is 34.3 Å². The maximum Gasteiger partial charge on any atom is 0.333 e. The summed E-state index contributed by atoms with van der Waals surface area (Å²) in [5.74, 6) is 0. The molecule has 0 spiro atoms. The summed E-state index contributed by atoms with van der Waals surface area (Å²) in [5.41, 5.74) is -1.29. The van der Waals surface area contributed by atoms with Gasteiger partial charge in [-0.3, -0.25) is 20.2 Å². The van der Waals surface area contributed by atoms with E-state index in [9.17, 15) is 20.2 Å². The Balaban J connectivity index is 2.25. The van der Waals surface area contributed by atoms with E-state index in [0.29, 0.717) is 6.42 Å². The largest absolute Gasteiger partial charge is 0.373 e. The van der Waals surface area contributed by atoms with E-state index in [1.807, 2.05) is 33.8 Å². The average molecular weight is 530 g/mol. The highest BCUT2D eigenvalue weighted by atomic mass is 31.2. The summed E-state index contributed by atoms with van der Waals surface area (Å²) >= 11 is 0.